The Kier molecular flexibility index (Phi) is 2.46. The van der Waals surface area contributed by atoms with E-state index in [0.29, 0.717) is 0 Å². The molecule has 0 spiro atoms. The molecule has 6 heteroatoms. The van der Waals surface area contributed by atoms with Gasteiger partial charge < -0.3 is 5.11 Å². The Labute approximate surface area is 56.8 Å². The SMILES string of the molecule is OCC(F)(F)C(F)(F)Br. The van der Waals surface area contributed by atoms with Gasteiger partial charge in [0.1, 0.15) is 6.61 Å². The maximum Gasteiger partial charge on any atom is 0.365 e. The van der Waals surface area contributed by atoms with Gasteiger partial charge >= 0.3 is 10.8 Å². The van der Waals surface area contributed by atoms with Crippen LogP contribution in [0.3, 0.4) is 0 Å². The summed E-state index contributed by atoms with van der Waals surface area (Å²) in [6.07, 6.45) is 0. The number of hydrogen-bond acceptors (Lipinski definition) is 1. The third-order valence-corrected chi connectivity index (χ3v) is 1.19. The first-order valence-corrected chi connectivity index (χ1v) is 2.66. The Bertz CT molecular complexity index is 98.5. The summed E-state index contributed by atoms with van der Waals surface area (Å²) in [4.78, 5) is -4.32. The molecule has 0 atom stereocenters. The molecule has 0 aliphatic heterocycles. The molecule has 0 fully saturated rings. The zero-order valence-corrected chi connectivity index (χ0v) is 5.63. The van der Waals surface area contributed by atoms with Gasteiger partial charge in [-0.05, 0) is 15.9 Å². The summed E-state index contributed by atoms with van der Waals surface area (Å²) in [5.74, 6) is -4.38. The van der Waals surface area contributed by atoms with Crippen molar-refractivity contribution in [2.75, 3.05) is 6.61 Å². The minimum absolute atomic E-state index is 1.42. The number of alkyl halides is 5. The molecular formula is C3H3BrF4O. The molecule has 0 aliphatic rings. The molecule has 0 bridgehead atoms. The van der Waals surface area contributed by atoms with Gasteiger partial charge in [-0.25, -0.2) is 0 Å². The lowest BCUT2D eigenvalue weighted by Crippen LogP contribution is -2.38. The van der Waals surface area contributed by atoms with Crippen molar-refractivity contribution < 1.29 is 22.7 Å². The van der Waals surface area contributed by atoms with E-state index in [1.807, 2.05) is 0 Å². The van der Waals surface area contributed by atoms with Crippen LogP contribution < -0.4 is 0 Å². The van der Waals surface area contributed by atoms with Crippen molar-refractivity contribution in [3.63, 3.8) is 0 Å². The van der Waals surface area contributed by atoms with Crippen molar-refractivity contribution in [2.45, 2.75) is 10.8 Å². The van der Waals surface area contributed by atoms with E-state index >= 15 is 0 Å². The Hall–Kier alpha value is 0.160. The van der Waals surface area contributed by atoms with Crippen molar-refractivity contribution in [1.82, 2.24) is 0 Å². The van der Waals surface area contributed by atoms with Gasteiger partial charge in [-0.1, -0.05) is 0 Å². The second kappa shape index (κ2) is 2.42. The summed E-state index contributed by atoms with van der Waals surface area (Å²) in [5, 5.41) is 7.67. The molecule has 1 N–H and O–H groups in total. The normalized spacial score (nSPS) is 14.0. The number of aliphatic hydroxyl groups is 1. The van der Waals surface area contributed by atoms with Gasteiger partial charge in [0.15, 0.2) is 0 Å². The number of hydrogen-bond donors (Lipinski definition) is 1. The monoisotopic (exact) mass is 210 g/mol. The summed E-state index contributed by atoms with van der Waals surface area (Å²) in [5.41, 5.74) is 0. The van der Waals surface area contributed by atoms with Crippen LogP contribution in [-0.4, -0.2) is 22.5 Å². The zero-order chi connectivity index (χ0) is 7.71. The molecular weight excluding hydrogens is 208 g/mol. The average Bonchev–Trinajstić information content (AvgIpc) is 1.64. The minimum atomic E-state index is -4.38. The molecule has 0 saturated heterocycles. The molecule has 9 heavy (non-hydrogen) atoms. The Balaban J connectivity index is 4.14. The van der Waals surface area contributed by atoms with E-state index in [2.05, 4.69) is 0 Å². The maximum atomic E-state index is 11.6. The van der Waals surface area contributed by atoms with Crippen molar-refractivity contribution in [3.8, 4) is 0 Å². The predicted molar refractivity (Wildman–Crippen MR) is 25.9 cm³/mol. The van der Waals surface area contributed by atoms with Gasteiger partial charge in [0.25, 0.3) is 0 Å². The van der Waals surface area contributed by atoms with E-state index in [1.54, 1.807) is 0 Å². The van der Waals surface area contributed by atoms with E-state index in [9.17, 15) is 17.6 Å². The molecule has 0 saturated carbocycles. The van der Waals surface area contributed by atoms with Crippen molar-refractivity contribution in [3.05, 3.63) is 0 Å². The number of rotatable bonds is 2. The summed E-state index contributed by atoms with van der Waals surface area (Å²) in [6.45, 7) is -1.87. The predicted octanol–water partition coefficient (Wildman–Crippen LogP) is 1.60. The van der Waals surface area contributed by atoms with Crippen LogP contribution in [0.1, 0.15) is 0 Å². The number of aliphatic hydroxyl groups excluding tert-OH is 1. The molecule has 0 heterocycles. The maximum absolute atomic E-state index is 11.6. The average molecular weight is 211 g/mol. The molecule has 0 radical (unpaired) electrons. The Morgan fingerprint density at radius 3 is 1.56 bits per heavy atom. The lowest BCUT2D eigenvalue weighted by Gasteiger charge is -2.17. The third-order valence-electron chi connectivity index (χ3n) is 0.613. The fraction of sp³-hybridized carbons (Fsp3) is 1.00. The third kappa shape index (κ3) is 2.09. The largest absolute Gasteiger partial charge is 0.390 e. The van der Waals surface area contributed by atoms with Gasteiger partial charge in [0, 0.05) is 0 Å². The van der Waals surface area contributed by atoms with Crippen molar-refractivity contribution in [2.24, 2.45) is 0 Å². The van der Waals surface area contributed by atoms with E-state index in [-0.39, 0.29) is 0 Å². The zero-order valence-electron chi connectivity index (χ0n) is 4.04. The molecule has 0 amide bonds. The van der Waals surface area contributed by atoms with Crippen LogP contribution in [-0.2, 0) is 0 Å². The molecule has 0 aromatic heterocycles. The highest BCUT2D eigenvalue weighted by Gasteiger charge is 2.53. The highest BCUT2D eigenvalue weighted by atomic mass is 79.9. The number of halogens is 5. The van der Waals surface area contributed by atoms with E-state index in [1.165, 1.54) is 15.9 Å². The quantitative estimate of drug-likeness (QED) is 0.543. The Morgan fingerprint density at radius 2 is 1.56 bits per heavy atom. The topological polar surface area (TPSA) is 20.2 Å². The lowest BCUT2D eigenvalue weighted by molar-refractivity contribution is -0.169. The van der Waals surface area contributed by atoms with E-state index in [4.69, 9.17) is 5.11 Å². The van der Waals surface area contributed by atoms with Crippen LogP contribution >= 0.6 is 15.9 Å². The summed E-state index contributed by atoms with van der Waals surface area (Å²) < 4.78 is 46.2. The van der Waals surface area contributed by atoms with E-state index in [0.717, 1.165) is 0 Å². The van der Waals surface area contributed by atoms with Gasteiger partial charge in [-0.3, -0.25) is 0 Å². The molecule has 0 aromatic carbocycles. The first-order chi connectivity index (χ1) is 3.81. The minimum Gasteiger partial charge on any atom is -0.390 e. The van der Waals surface area contributed by atoms with Gasteiger partial charge in [0.05, 0.1) is 0 Å². The lowest BCUT2D eigenvalue weighted by atomic mass is 10.4. The fourth-order valence-corrected chi connectivity index (χ4v) is 0.215. The van der Waals surface area contributed by atoms with Gasteiger partial charge in [-0.15, -0.1) is 0 Å². The van der Waals surface area contributed by atoms with Crippen molar-refractivity contribution in [1.29, 1.82) is 0 Å². The fourth-order valence-electron chi connectivity index (χ4n) is 0.0896. The standard InChI is InChI=1S/C3H3BrF4O/c4-3(7,8)2(5,6)1-9/h9H,1H2. The van der Waals surface area contributed by atoms with Crippen LogP contribution in [0.2, 0.25) is 0 Å². The molecule has 0 aromatic rings. The highest BCUT2D eigenvalue weighted by Crippen LogP contribution is 2.38. The summed E-state index contributed by atoms with van der Waals surface area (Å²) in [6, 6.07) is 0. The second-order valence-electron chi connectivity index (χ2n) is 1.36. The first-order valence-electron chi connectivity index (χ1n) is 1.86. The van der Waals surface area contributed by atoms with E-state index < -0.39 is 17.4 Å². The summed E-state index contributed by atoms with van der Waals surface area (Å²) >= 11 is 1.42. The molecule has 1 nitrogen and oxygen atoms in total. The van der Waals surface area contributed by atoms with Gasteiger partial charge in [-0.2, -0.15) is 17.6 Å². The van der Waals surface area contributed by atoms with Crippen LogP contribution in [0.25, 0.3) is 0 Å². The van der Waals surface area contributed by atoms with Crippen LogP contribution in [0.15, 0.2) is 0 Å². The van der Waals surface area contributed by atoms with Crippen LogP contribution in [0, 0.1) is 0 Å². The highest BCUT2D eigenvalue weighted by molar-refractivity contribution is 9.10. The first kappa shape index (κ1) is 9.16. The molecule has 56 valence electrons. The molecule has 0 aliphatic carbocycles. The van der Waals surface area contributed by atoms with Crippen LogP contribution in [0.4, 0.5) is 17.6 Å². The smallest absolute Gasteiger partial charge is 0.365 e. The summed E-state index contributed by atoms with van der Waals surface area (Å²) in [7, 11) is 0. The molecule has 0 unspecified atom stereocenters. The Morgan fingerprint density at radius 1 is 1.22 bits per heavy atom. The van der Waals surface area contributed by atoms with Gasteiger partial charge in [0.2, 0.25) is 0 Å². The van der Waals surface area contributed by atoms with Crippen molar-refractivity contribution >= 4 is 15.9 Å². The molecule has 0 rings (SSSR count). The van der Waals surface area contributed by atoms with Crippen LogP contribution in [0.5, 0.6) is 0 Å². The second-order valence-corrected chi connectivity index (χ2v) is 2.36.